The molecule has 0 spiro atoms. The first-order chi connectivity index (χ1) is 9.26. The molecule has 0 saturated heterocycles. The molecule has 0 heterocycles. The standard InChI is InChI=1S/C12H13Cl3NO2S2/c1-8(9-5-3-2-4-6-9)16(19,20)12(17)18-7-10(13)11(14)15/h2-6,8,19-20H,7H2,1H3/q+1. The maximum absolute atomic E-state index is 12.0. The van der Waals surface area contributed by atoms with E-state index in [2.05, 4.69) is 25.6 Å². The second-order valence-corrected chi connectivity index (χ2v) is 6.94. The van der Waals surface area contributed by atoms with Crippen molar-refractivity contribution < 1.29 is 12.8 Å². The summed E-state index contributed by atoms with van der Waals surface area (Å²) in [5.74, 6) is 0. The number of hydrogen-bond donors (Lipinski definition) is 2. The van der Waals surface area contributed by atoms with Gasteiger partial charge in [0.05, 0.1) is 30.7 Å². The molecule has 0 saturated carbocycles. The van der Waals surface area contributed by atoms with Crippen molar-refractivity contribution in [2.24, 2.45) is 0 Å². The third-order valence-electron chi connectivity index (χ3n) is 2.62. The number of rotatable bonds is 4. The van der Waals surface area contributed by atoms with Crippen molar-refractivity contribution in [3.63, 3.8) is 0 Å². The maximum Gasteiger partial charge on any atom is 0.540 e. The van der Waals surface area contributed by atoms with Crippen molar-refractivity contribution in [3.05, 3.63) is 45.4 Å². The van der Waals surface area contributed by atoms with E-state index in [9.17, 15) is 4.79 Å². The van der Waals surface area contributed by atoms with Gasteiger partial charge in [0.25, 0.3) is 0 Å². The van der Waals surface area contributed by atoms with Gasteiger partial charge in [0.15, 0.2) is 0 Å². The summed E-state index contributed by atoms with van der Waals surface area (Å²) >= 11 is 25.1. The fraction of sp³-hybridized carbons (Fsp3) is 0.250. The summed E-state index contributed by atoms with van der Waals surface area (Å²) in [6.45, 7) is 1.58. The zero-order valence-electron chi connectivity index (χ0n) is 10.5. The molecule has 0 aromatic heterocycles. The van der Waals surface area contributed by atoms with Crippen molar-refractivity contribution >= 4 is 66.5 Å². The second-order valence-electron chi connectivity index (χ2n) is 3.96. The zero-order chi connectivity index (χ0) is 15.3. The van der Waals surface area contributed by atoms with Crippen molar-refractivity contribution in [2.75, 3.05) is 6.61 Å². The number of ether oxygens (including phenoxy) is 1. The Balaban J connectivity index is 2.77. The molecule has 0 bridgehead atoms. The minimum absolute atomic E-state index is 0.0377. The van der Waals surface area contributed by atoms with Crippen LogP contribution >= 0.6 is 60.4 Å². The molecule has 1 atom stereocenters. The van der Waals surface area contributed by atoms with Gasteiger partial charge in [0.2, 0.25) is 0 Å². The van der Waals surface area contributed by atoms with Gasteiger partial charge < -0.3 is 4.74 Å². The monoisotopic (exact) mass is 372 g/mol. The molecule has 1 unspecified atom stereocenters. The Morgan fingerprint density at radius 2 is 1.80 bits per heavy atom. The number of carbonyl (C=O) groups is 1. The molecule has 0 aliphatic carbocycles. The number of hydrogen-bond acceptors (Lipinski definition) is 4. The van der Waals surface area contributed by atoms with Crippen molar-refractivity contribution in [1.82, 2.24) is 0 Å². The van der Waals surface area contributed by atoms with Gasteiger partial charge in [0, 0.05) is 5.56 Å². The lowest BCUT2D eigenvalue weighted by Gasteiger charge is -2.27. The smallest absolute Gasteiger partial charge is 0.413 e. The van der Waals surface area contributed by atoms with Gasteiger partial charge in [-0.05, 0) is 6.92 Å². The summed E-state index contributed by atoms with van der Waals surface area (Å²) < 4.78 is 4.27. The number of quaternary nitrogens is 1. The number of thiol groups is 2. The lowest BCUT2D eigenvalue weighted by atomic mass is 10.1. The lowest BCUT2D eigenvalue weighted by molar-refractivity contribution is -0.598. The highest BCUT2D eigenvalue weighted by Crippen LogP contribution is 2.35. The Hall–Kier alpha value is -0.0400. The quantitative estimate of drug-likeness (QED) is 0.555. The van der Waals surface area contributed by atoms with Gasteiger partial charge >= 0.3 is 6.09 Å². The van der Waals surface area contributed by atoms with E-state index in [1.165, 1.54) is 0 Å². The first kappa shape index (κ1) is 18.0. The molecule has 0 radical (unpaired) electrons. The zero-order valence-corrected chi connectivity index (χ0v) is 14.5. The van der Waals surface area contributed by atoms with Crippen molar-refractivity contribution in [1.29, 1.82) is 0 Å². The molecule has 3 nitrogen and oxygen atoms in total. The highest BCUT2D eigenvalue weighted by molar-refractivity contribution is 7.88. The predicted molar refractivity (Wildman–Crippen MR) is 89.0 cm³/mol. The van der Waals surface area contributed by atoms with E-state index in [1.54, 1.807) is 0 Å². The summed E-state index contributed by atoms with van der Waals surface area (Å²) in [6.07, 6.45) is -0.680. The van der Waals surface area contributed by atoms with Crippen LogP contribution in [-0.4, -0.2) is 16.0 Å². The number of benzene rings is 1. The SMILES string of the molecule is CC(c1ccccc1)[N+](S)(S)C(=O)OCC(Cl)=C(Cl)Cl. The molecule has 0 aliphatic rings. The van der Waals surface area contributed by atoms with Gasteiger partial charge in [-0.25, -0.2) is 0 Å². The van der Waals surface area contributed by atoms with E-state index in [1.807, 2.05) is 37.3 Å². The molecule has 1 aromatic carbocycles. The van der Waals surface area contributed by atoms with E-state index < -0.39 is 9.39 Å². The number of carbonyl (C=O) groups excluding carboxylic acids is 1. The number of amides is 1. The van der Waals surface area contributed by atoms with Gasteiger partial charge in [-0.15, -0.1) is 0 Å². The third kappa shape index (κ3) is 4.76. The van der Waals surface area contributed by atoms with E-state index in [0.29, 0.717) is 0 Å². The van der Waals surface area contributed by atoms with Crippen LogP contribution in [0.2, 0.25) is 0 Å². The Morgan fingerprint density at radius 3 is 2.30 bits per heavy atom. The van der Waals surface area contributed by atoms with Gasteiger partial charge in [-0.2, -0.15) is 4.79 Å². The molecule has 1 rings (SSSR count). The van der Waals surface area contributed by atoms with Crippen molar-refractivity contribution in [2.45, 2.75) is 13.0 Å². The topological polar surface area (TPSA) is 26.3 Å². The highest BCUT2D eigenvalue weighted by Gasteiger charge is 2.40. The Morgan fingerprint density at radius 1 is 1.25 bits per heavy atom. The molecule has 1 amide bonds. The molecule has 20 heavy (non-hydrogen) atoms. The average molecular weight is 374 g/mol. The maximum atomic E-state index is 12.0. The van der Waals surface area contributed by atoms with E-state index in [4.69, 9.17) is 39.5 Å². The van der Waals surface area contributed by atoms with Crippen LogP contribution in [0, 0.1) is 0 Å². The molecule has 8 heteroatoms. The summed E-state index contributed by atoms with van der Waals surface area (Å²) in [4.78, 5) is 12.0. The molecule has 0 N–H and O–H groups in total. The molecule has 0 fully saturated rings. The van der Waals surface area contributed by atoms with E-state index in [0.717, 1.165) is 5.56 Å². The van der Waals surface area contributed by atoms with Crippen LogP contribution in [0.15, 0.2) is 39.9 Å². The fourth-order valence-corrected chi connectivity index (χ4v) is 1.92. The van der Waals surface area contributed by atoms with Crippen molar-refractivity contribution in [3.8, 4) is 0 Å². The normalized spacial score (nSPS) is 12.7. The van der Waals surface area contributed by atoms with Crippen LogP contribution in [0.3, 0.4) is 0 Å². The van der Waals surface area contributed by atoms with Crippen LogP contribution in [0.1, 0.15) is 18.5 Å². The third-order valence-corrected chi connectivity index (χ3v) is 4.59. The molecular formula is C12H13Cl3NO2S2+. The minimum Gasteiger partial charge on any atom is -0.413 e. The molecular weight excluding hydrogens is 361 g/mol. The van der Waals surface area contributed by atoms with Crippen LogP contribution in [0.25, 0.3) is 0 Å². The van der Waals surface area contributed by atoms with Crippen LogP contribution in [-0.2, 0) is 4.74 Å². The van der Waals surface area contributed by atoms with Crippen LogP contribution in [0.4, 0.5) is 4.79 Å². The fourth-order valence-electron chi connectivity index (χ4n) is 1.37. The number of nitrogens with zero attached hydrogens (tertiary/aromatic N) is 1. The summed E-state index contributed by atoms with van der Waals surface area (Å²) in [7, 11) is 0. The first-order valence-electron chi connectivity index (χ1n) is 5.53. The molecule has 110 valence electrons. The summed E-state index contributed by atoms with van der Waals surface area (Å²) in [5, 5.41) is 0.0377. The molecule has 1 aromatic rings. The largest absolute Gasteiger partial charge is 0.540 e. The molecule has 0 aliphatic heterocycles. The Bertz CT molecular complexity index is 505. The van der Waals surface area contributed by atoms with E-state index >= 15 is 0 Å². The second kappa shape index (κ2) is 7.82. The van der Waals surface area contributed by atoms with Crippen LogP contribution in [0.5, 0.6) is 0 Å². The highest BCUT2D eigenvalue weighted by atomic mass is 35.5. The predicted octanol–water partition coefficient (Wildman–Crippen LogP) is 5.28. The minimum atomic E-state index is -0.680. The summed E-state index contributed by atoms with van der Waals surface area (Å²) in [5.41, 5.74) is 0.895. The first-order valence-corrected chi connectivity index (χ1v) is 7.46. The van der Waals surface area contributed by atoms with Gasteiger partial charge in [-0.1, -0.05) is 68.4 Å². The van der Waals surface area contributed by atoms with E-state index in [-0.39, 0.29) is 22.2 Å². The lowest BCUT2D eigenvalue weighted by Crippen LogP contribution is -2.38. The van der Waals surface area contributed by atoms with Gasteiger partial charge in [-0.3, -0.25) is 0 Å². The number of halogens is 3. The average Bonchev–Trinajstić information content (AvgIpc) is 2.44. The summed E-state index contributed by atoms with van der Waals surface area (Å²) in [6, 6.07) is 9.04. The van der Waals surface area contributed by atoms with Gasteiger partial charge in [0.1, 0.15) is 17.1 Å². The van der Waals surface area contributed by atoms with Crippen LogP contribution < -0.4 is 0 Å². The Kier molecular flexibility index (Phi) is 7.04. The Labute approximate surface area is 144 Å².